The van der Waals surface area contributed by atoms with Gasteiger partial charge in [-0.15, -0.1) is 0 Å². The minimum atomic E-state index is -0.917. The fourth-order valence-electron chi connectivity index (χ4n) is 0.671. The van der Waals surface area contributed by atoms with E-state index >= 15 is 0 Å². The van der Waals surface area contributed by atoms with Crippen molar-refractivity contribution in [3.63, 3.8) is 0 Å². The maximum Gasteiger partial charge on any atom is 0.149 e. The van der Waals surface area contributed by atoms with E-state index in [1.54, 1.807) is 0 Å². The van der Waals surface area contributed by atoms with E-state index in [-0.39, 0.29) is 0 Å². The van der Waals surface area contributed by atoms with Gasteiger partial charge in [-0.25, -0.2) is 0 Å². The van der Waals surface area contributed by atoms with Crippen LogP contribution in [0.15, 0.2) is 0 Å². The molecule has 4 heteroatoms. The molecule has 0 aliphatic carbocycles. The van der Waals surface area contributed by atoms with Crippen LogP contribution in [0.1, 0.15) is 20.8 Å². The zero-order valence-corrected chi connectivity index (χ0v) is 7.96. The van der Waals surface area contributed by atoms with Crippen LogP contribution in [0.5, 0.6) is 0 Å². The first-order valence-corrected chi connectivity index (χ1v) is 4.41. The lowest BCUT2D eigenvalue weighted by molar-refractivity contribution is 0.321. The number of hydrogen-bond acceptors (Lipinski definition) is 3. The summed E-state index contributed by atoms with van der Waals surface area (Å²) < 4.78 is 0. The Morgan fingerprint density at radius 1 is 1.00 bits per heavy atom. The van der Waals surface area contributed by atoms with Crippen molar-refractivity contribution in [1.29, 1.82) is 0 Å². The van der Waals surface area contributed by atoms with E-state index in [2.05, 4.69) is 25.7 Å². The quantitative estimate of drug-likeness (QED) is 0.612. The highest BCUT2D eigenvalue weighted by molar-refractivity contribution is 7.23. The van der Waals surface area contributed by atoms with Crippen molar-refractivity contribution in [3.8, 4) is 0 Å². The summed E-state index contributed by atoms with van der Waals surface area (Å²) in [6.07, 6.45) is 0. The smallest absolute Gasteiger partial charge is 0.149 e. The molecule has 0 amide bonds. The molecule has 0 atom stereocenters. The zero-order chi connectivity index (χ0) is 8.41. The Balaban J connectivity index is 0. The number of hydrogen-bond donors (Lipinski definition) is 2. The molecule has 10 heavy (non-hydrogen) atoms. The van der Waals surface area contributed by atoms with Crippen molar-refractivity contribution >= 4 is 9.03 Å². The Morgan fingerprint density at radius 2 is 1.20 bits per heavy atom. The fraction of sp³-hybridized carbons (Fsp3) is 1.00. The summed E-state index contributed by atoms with van der Waals surface area (Å²) in [7, 11) is -0.917. The summed E-state index contributed by atoms with van der Waals surface area (Å²) in [6, 6.07) is 0. The Labute approximate surface area is 65.0 Å². The number of rotatable bonds is 3. The molecule has 0 unspecified atom stereocenters. The average molecular weight is 167 g/mol. The Kier molecular flexibility index (Phi) is 15.6. The van der Waals surface area contributed by atoms with Crippen LogP contribution < -0.4 is 0 Å². The van der Waals surface area contributed by atoms with Crippen LogP contribution in [0.3, 0.4) is 0 Å². The van der Waals surface area contributed by atoms with Crippen molar-refractivity contribution < 1.29 is 9.79 Å². The summed E-state index contributed by atoms with van der Waals surface area (Å²) >= 11 is 0. The Hall–Kier alpha value is 0.310. The van der Waals surface area contributed by atoms with Crippen LogP contribution in [0.25, 0.3) is 0 Å². The molecule has 0 fully saturated rings. The topological polar surface area (TPSA) is 43.7 Å². The van der Waals surface area contributed by atoms with Crippen LogP contribution in [0.2, 0.25) is 0 Å². The van der Waals surface area contributed by atoms with Gasteiger partial charge in [-0.1, -0.05) is 20.8 Å². The molecular weight excluding hydrogens is 149 g/mol. The van der Waals surface area contributed by atoms with E-state index in [0.29, 0.717) is 0 Å². The first kappa shape index (κ1) is 12.9. The minimum Gasteiger partial charge on any atom is -0.352 e. The van der Waals surface area contributed by atoms with Crippen molar-refractivity contribution in [2.24, 2.45) is 0 Å². The van der Waals surface area contributed by atoms with Gasteiger partial charge in [0.2, 0.25) is 0 Å². The summed E-state index contributed by atoms with van der Waals surface area (Å²) in [4.78, 5) is 16.7. The van der Waals surface area contributed by atoms with Crippen LogP contribution in [-0.2, 0) is 0 Å². The molecule has 0 aromatic rings. The van der Waals surface area contributed by atoms with Gasteiger partial charge in [-0.05, 0) is 19.6 Å². The van der Waals surface area contributed by atoms with Gasteiger partial charge >= 0.3 is 0 Å². The highest BCUT2D eigenvalue weighted by atomic mass is 31.1. The molecule has 64 valence electrons. The highest BCUT2D eigenvalue weighted by Crippen LogP contribution is 1.82. The largest absolute Gasteiger partial charge is 0.352 e. The third-order valence-electron chi connectivity index (χ3n) is 1.34. The third kappa shape index (κ3) is 11.2. The van der Waals surface area contributed by atoms with Crippen LogP contribution in [0.4, 0.5) is 0 Å². The second-order valence-electron chi connectivity index (χ2n) is 1.72. The molecule has 0 radical (unpaired) electrons. The second kappa shape index (κ2) is 12.0. The van der Waals surface area contributed by atoms with Gasteiger partial charge < -0.3 is 14.7 Å². The van der Waals surface area contributed by atoms with E-state index in [1.807, 2.05) is 0 Å². The molecule has 0 saturated carbocycles. The van der Waals surface area contributed by atoms with Crippen molar-refractivity contribution in [1.82, 2.24) is 4.90 Å². The molecule has 3 nitrogen and oxygen atoms in total. The van der Waals surface area contributed by atoms with Crippen molar-refractivity contribution in [2.45, 2.75) is 20.8 Å². The van der Waals surface area contributed by atoms with E-state index < -0.39 is 9.03 Å². The first-order valence-electron chi connectivity index (χ1n) is 3.52. The van der Waals surface area contributed by atoms with Gasteiger partial charge in [0, 0.05) is 0 Å². The summed E-state index contributed by atoms with van der Waals surface area (Å²) in [5.41, 5.74) is 0. The maximum absolute atomic E-state index is 7.15. The highest BCUT2D eigenvalue weighted by Gasteiger charge is 1.89. The van der Waals surface area contributed by atoms with Gasteiger partial charge in [0.25, 0.3) is 0 Å². The minimum absolute atomic E-state index is 0.917. The van der Waals surface area contributed by atoms with Crippen LogP contribution in [0, 0.1) is 0 Å². The van der Waals surface area contributed by atoms with Crippen molar-refractivity contribution in [2.75, 3.05) is 19.6 Å². The molecule has 0 saturated heterocycles. The maximum atomic E-state index is 7.15. The zero-order valence-electron chi connectivity index (χ0n) is 6.96. The van der Waals surface area contributed by atoms with E-state index in [4.69, 9.17) is 9.79 Å². The van der Waals surface area contributed by atoms with Gasteiger partial charge in [0.15, 0.2) is 0 Å². The summed E-state index contributed by atoms with van der Waals surface area (Å²) in [6.45, 7) is 10.1. The second-order valence-corrected chi connectivity index (χ2v) is 1.92. The molecule has 0 rings (SSSR count). The molecule has 0 aliphatic rings. The van der Waals surface area contributed by atoms with Gasteiger partial charge in [0.05, 0.1) is 0 Å². The van der Waals surface area contributed by atoms with Crippen LogP contribution in [-0.4, -0.2) is 34.3 Å². The lowest BCUT2D eigenvalue weighted by Gasteiger charge is -2.13. The normalized spacial score (nSPS) is 9.00. The summed E-state index contributed by atoms with van der Waals surface area (Å²) in [5, 5.41) is 0. The SMILES string of the molecule is CCN(CC)CC.OPO. The standard InChI is InChI=1S/C6H15N.H3O2P/c1-4-7(5-2)6-3;1-3-2/h4-6H2,1-3H3;1-3H. The molecule has 0 bridgehead atoms. The van der Waals surface area contributed by atoms with E-state index in [0.717, 1.165) is 0 Å². The lowest BCUT2D eigenvalue weighted by atomic mass is 10.5. The summed E-state index contributed by atoms with van der Waals surface area (Å²) in [5.74, 6) is 0. The molecular formula is C6H18NO2P. The monoisotopic (exact) mass is 167 g/mol. The molecule has 0 spiro atoms. The van der Waals surface area contributed by atoms with Gasteiger partial charge in [-0.2, -0.15) is 0 Å². The third-order valence-corrected chi connectivity index (χ3v) is 1.34. The molecule has 2 N–H and O–H groups in total. The Bertz CT molecular complexity index is 45.5. The van der Waals surface area contributed by atoms with Gasteiger partial charge in [-0.3, -0.25) is 0 Å². The fourth-order valence-corrected chi connectivity index (χ4v) is 0.671. The van der Waals surface area contributed by atoms with Gasteiger partial charge in [0.1, 0.15) is 9.03 Å². The predicted octanol–water partition coefficient (Wildman–Crippen LogP) is 0.828. The van der Waals surface area contributed by atoms with E-state index in [1.165, 1.54) is 19.6 Å². The lowest BCUT2D eigenvalue weighted by Crippen LogP contribution is -2.21. The molecule has 0 heterocycles. The predicted molar refractivity (Wildman–Crippen MR) is 46.2 cm³/mol. The Morgan fingerprint density at radius 3 is 1.20 bits per heavy atom. The first-order chi connectivity index (χ1) is 4.76. The van der Waals surface area contributed by atoms with Crippen molar-refractivity contribution in [3.05, 3.63) is 0 Å². The molecule has 0 aliphatic heterocycles. The average Bonchev–Trinajstić information content (AvgIpc) is 1.93. The molecule has 0 aromatic heterocycles. The van der Waals surface area contributed by atoms with E-state index in [9.17, 15) is 0 Å². The number of nitrogens with zero attached hydrogens (tertiary/aromatic N) is 1. The molecule has 0 aromatic carbocycles. The van der Waals surface area contributed by atoms with Crippen LogP contribution >= 0.6 is 9.03 Å².